The summed E-state index contributed by atoms with van der Waals surface area (Å²) in [5.41, 5.74) is 1.51. The summed E-state index contributed by atoms with van der Waals surface area (Å²) in [6.45, 7) is 2.41. The zero-order valence-corrected chi connectivity index (χ0v) is 14.4. The number of urea groups is 1. The average Bonchev–Trinajstić information content (AvgIpc) is 2.84. The van der Waals surface area contributed by atoms with Crippen LogP contribution in [0, 0.1) is 6.92 Å². The fraction of sp³-hybridized carbons (Fsp3) is 0.286. The van der Waals surface area contributed by atoms with Crippen LogP contribution in [0.3, 0.4) is 0 Å². The number of anilines is 1. The Morgan fingerprint density at radius 1 is 1.52 bits per heavy atom. The summed E-state index contributed by atoms with van der Waals surface area (Å²) < 4.78 is 6.11. The van der Waals surface area contributed by atoms with Gasteiger partial charge in [0.25, 0.3) is 0 Å². The van der Waals surface area contributed by atoms with Crippen molar-refractivity contribution in [3.05, 3.63) is 38.8 Å². The lowest BCUT2D eigenvalue weighted by Gasteiger charge is -2.18. The first kappa shape index (κ1) is 15.8. The van der Waals surface area contributed by atoms with Gasteiger partial charge in [0.1, 0.15) is 5.75 Å². The van der Waals surface area contributed by atoms with Crippen LogP contribution in [-0.4, -0.2) is 30.1 Å². The van der Waals surface area contributed by atoms with Gasteiger partial charge in [-0.25, -0.2) is 9.78 Å². The van der Waals surface area contributed by atoms with Crippen molar-refractivity contribution >= 4 is 39.0 Å². The predicted octanol–water partition coefficient (Wildman–Crippen LogP) is 3.89. The number of carbonyl (C=O) groups is 1. The summed E-state index contributed by atoms with van der Waals surface area (Å²) >= 11 is 4.95. The van der Waals surface area contributed by atoms with Crippen LogP contribution in [0.25, 0.3) is 0 Å². The molecule has 1 N–H and O–H groups in total. The van der Waals surface area contributed by atoms with Gasteiger partial charge >= 0.3 is 6.03 Å². The van der Waals surface area contributed by atoms with E-state index in [1.807, 2.05) is 18.4 Å². The van der Waals surface area contributed by atoms with Crippen LogP contribution < -0.4 is 10.1 Å². The first-order valence-electron chi connectivity index (χ1n) is 6.26. The van der Waals surface area contributed by atoms with E-state index in [-0.39, 0.29) is 6.03 Å². The number of amides is 2. The first-order valence-corrected chi connectivity index (χ1v) is 7.93. The molecule has 1 heterocycles. The topological polar surface area (TPSA) is 54.5 Å². The fourth-order valence-corrected chi connectivity index (χ4v) is 2.75. The normalized spacial score (nSPS) is 10.3. The van der Waals surface area contributed by atoms with Crippen molar-refractivity contribution in [2.75, 3.05) is 19.5 Å². The number of hydrogen-bond acceptors (Lipinski definition) is 4. The van der Waals surface area contributed by atoms with E-state index in [0.29, 0.717) is 18.0 Å². The lowest BCUT2D eigenvalue weighted by atomic mass is 10.3. The molecule has 0 radical (unpaired) electrons. The number of ether oxygens (including phenoxy) is 1. The summed E-state index contributed by atoms with van der Waals surface area (Å²) in [5, 5.41) is 5.79. The molecule has 0 aliphatic rings. The Balaban J connectivity index is 2.05. The van der Waals surface area contributed by atoms with E-state index in [4.69, 9.17) is 4.74 Å². The molecular weight excluding hydrogens is 354 g/mol. The highest BCUT2D eigenvalue weighted by Gasteiger charge is 2.13. The summed E-state index contributed by atoms with van der Waals surface area (Å²) in [7, 11) is 3.30. The number of hydrogen-bond donors (Lipinski definition) is 1. The average molecular weight is 370 g/mol. The zero-order valence-electron chi connectivity index (χ0n) is 12.0. The molecule has 0 saturated carbocycles. The number of thiazole rings is 1. The van der Waals surface area contributed by atoms with Crippen LogP contribution in [-0.2, 0) is 6.54 Å². The molecule has 0 fully saturated rings. The number of nitrogens with one attached hydrogen (secondary N) is 1. The van der Waals surface area contributed by atoms with Gasteiger partial charge in [-0.05, 0) is 25.1 Å². The van der Waals surface area contributed by atoms with Crippen molar-refractivity contribution in [2.45, 2.75) is 13.5 Å². The molecule has 0 spiro atoms. The number of halogens is 1. The van der Waals surface area contributed by atoms with Crippen molar-refractivity contribution in [2.24, 2.45) is 0 Å². The summed E-state index contributed by atoms with van der Waals surface area (Å²) in [5.74, 6) is 0.615. The van der Waals surface area contributed by atoms with Crippen molar-refractivity contribution in [1.29, 1.82) is 0 Å². The molecule has 0 unspecified atom stereocenters. The highest BCUT2D eigenvalue weighted by atomic mass is 79.9. The Morgan fingerprint density at radius 2 is 2.29 bits per heavy atom. The van der Waals surface area contributed by atoms with Crippen molar-refractivity contribution in [3.63, 3.8) is 0 Å². The van der Waals surface area contributed by atoms with Crippen LogP contribution in [0.2, 0.25) is 0 Å². The van der Waals surface area contributed by atoms with Crippen LogP contribution in [0.4, 0.5) is 10.5 Å². The number of carbonyl (C=O) groups excluding carboxylic acids is 1. The Morgan fingerprint density at radius 3 is 2.90 bits per heavy atom. The van der Waals surface area contributed by atoms with E-state index in [2.05, 4.69) is 26.2 Å². The number of nitrogens with zero attached hydrogens (tertiary/aromatic N) is 2. The minimum Gasteiger partial charge on any atom is -0.495 e. The van der Waals surface area contributed by atoms with Gasteiger partial charge in [-0.15, -0.1) is 11.3 Å². The molecule has 5 nitrogen and oxygen atoms in total. The Labute approximate surface area is 136 Å². The first-order chi connectivity index (χ1) is 9.99. The van der Waals surface area contributed by atoms with E-state index in [1.54, 1.807) is 42.5 Å². The zero-order chi connectivity index (χ0) is 15.4. The molecule has 2 amide bonds. The molecule has 1 aromatic heterocycles. The lowest BCUT2D eigenvalue weighted by Crippen LogP contribution is -2.31. The smallest absolute Gasteiger partial charge is 0.322 e. The monoisotopic (exact) mass is 369 g/mol. The molecular formula is C14H16BrN3O2S. The van der Waals surface area contributed by atoms with Crippen molar-refractivity contribution < 1.29 is 9.53 Å². The number of benzene rings is 1. The van der Waals surface area contributed by atoms with E-state index in [1.165, 1.54) is 0 Å². The quantitative estimate of drug-likeness (QED) is 0.889. The van der Waals surface area contributed by atoms with Crippen LogP contribution in [0.15, 0.2) is 28.1 Å². The van der Waals surface area contributed by atoms with Gasteiger partial charge < -0.3 is 15.0 Å². The number of aromatic nitrogens is 1. The molecule has 0 atom stereocenters. The molecule has 21 heavy (non-hydrogen) atoms. The maximum atomic E-state index is 12.2. The predicted molar refractivity (Wildman–Crippen MR) is 88.0 cm³/mol. The number of methoxy groups -OCH3 is 1. The SMILES string of the molecule is COc1ccc(Br)cc1NC(=O)N(C)Cc1csc(C)n1. The third kappa shape index (κ3) is 4.18. The molecule has 0 bridgehead atoms. The van der Waals surface area contributed by atoms with E-state index < -0.39 is 0 Å². The molecule has 7 heteroatoms. The minimum atomic E-state index is -0.211. The van der Waals surface area contributed by atoms with Gasteiger partial charge in [-0.2, -0.15) is 0 Å². The molecule has 2 rings (SSSR count). The summed E-state index contributed by atoms with van der Waals surface area (Å²) in [6.07, 6.45) is 0. The van der Waals surface area contributed by atoms with Gasteiger partial charge in [0.2, 0.25) is 0 Å². The number of rotatable bonds is 4. The highest BCUT2D eigenvalue weighted by Crippen LogP contribution is 2.28. The molecule has 0 aliphatic heterocycles. The minimum absolute atomic E-state index is 0.211. The molecule has 2 aromatic rings. The van der Waals surface area contributed by atoms with Crippen molar-refractivity contribution in [1.82, 2.24) is 9.88 Å². The molecule has 112 valence electrons. The van der Waals surface area contributed by atoms with Gasteiger partial charge in [-0.1, -0.05) is 15.9 Å². The maximum Gasteiger partial charge on any atom is 0.322 e. The standard InChI is InChI=1S/C14H16BrN3O2S/c1-9-16-11(8-21-9)7-18(2)14(19)17-12-6-10(15)4-5-13(12)20-3/h4-6,8H,7H2,1-3H3,(H,17,19). The van der Waals surface area contributed by atoms with Gasteiger partial charge in [0.15, 0.2) is 0 Å². The fourth-order valence-electron chi connectivity index (χ4n) is 1.78. The Kier molecular flexibility index (Phi) is 5.19. The van der Waals surface area contributed by atoms with Crippen LogP contribution in [0.1, 0.15) is 10.7 Å². The third-order valence-electron chi connectivity index (χ3n) is 2.82. The maximum absolute atomic E-state index is 12.2. The largest absolute Gasteiger partial charge is 0.495 e. The molecule has 0 saturated heterocycles. The van der Waals surface area contributed by atoms with E-state index >= 15 is 0 Å². The Bertz CT molecular complexity index is 645. The van der Waals surface area contributed by atoms with Gasteiger partial charge in [0.05, 0.1) is 30.0 Å². The van der Waals surface area contributed by atoms with E-state index in [9.17, 15) is 4.79 Å². The summed E-state index contributed by atoms with van der Waals surface area (Å²) in [4.78, 5) is 18.2. The second-order valence-electron chi connectivity index (χ2n) is 4.49. The lowest BCUT2D eigenvalue weighted by molar-refractivity contribution is 0.220. The van der Waals surface area contributed by atoms with E-state index in [0.717, 1.165) is 15.2 Å². The van der Waals surface area contributed by atoms with Crippen LogP contribution in [0.5, 0.6) is 5.75 Å². The third-order valence-corrected chi connectivity index (χ3v) is 4.13. The molecule has 1 aromatic carbocycles. The second-order valence-corrected chi connectivity index (χ2v) is 6.47. The number of aryl methyl sites for hydroxylation is 1. The van der Waals surface area contributed by atoms with Gasteiger partial charge in [-0.3, -0.25) is 0 Å². The van der Waals surface area contributed by atoms with Crippen molar-refractivity contribution in [3.8, 4) is 5.75 Å². The van der Waals surface area contributed by atoms with Crippen LogP contribution >= 0.6 is 27.3 Å². The Hall–Kier alpha value is -1.60. The second kappa shape index (κ2) is 6.91. The summed E-state index contributed by atoms with van der Waals surface area (Å²) in [6, 6.07) is 5.24. The highest BCUT2D eigenvalue weighted by molar-refractivity contribution is 9.10. The van der Waals surface area contributed by atoms with Gasteiger partial charge in [0, 0.05) is 16.9 Å². The molecule has 0 aliphatic carbocycles.